The van der Waals surface area contributed by atoms with Crippen LogP contribution in [0.15, 0.2) is 19.7 Å². The molecule has 68 heavy (non-hydrogen) atoms. The molecule has 0 aromatic carbocycles. The van der Waals surface area contributed by atoms with E-state index in [0.29, 0.717) is 0 Å². The van der Waals surface area contributed by atoms with E-state index >= 15 is 0 Å². The standard InChI is InChI=1S/C58H94Br2N4S4/c1-5-9-13-17-21-25-29-33-37-45(38-34-30-26-22-18-14-10-6-2)41-47-43-49(65-57(47)59)51-53-55(63-67-61-53)52(56-54(51)62-68-64-56)50-44-48(58(60)66-50)42-46(39-35-31-27-23-19-15-11-7-3)40-36-32-28-24-20-16-12-8-4/h43-46,51-52H,5-42H2,1-4H3. The second-order valence-electron chi connectivity index (χ2n) is 21.0. The smallest absolute Gasteiger partial charge is 0.0930 e. The van der Waals surface area contributed by atoms with Crippen LogP contribution < -0.4 is 0 Å². The van der Waals surface area contributed by atoms with E-state index in [-0.39, 0.29) is 11.8 Å². The fourth-order valence-electron chi connectivity index (χ4n) is 11.0. The van der Waals surface area contributed by atoms with Gasteiger partial charge in [-0.1, -0.05) is 259 Å². The van der Waals surface area contributed by atoms with Gasteiger partial charge in [0, 0.05) is 9.75 Å². The Morgan fingerprint density at radius 2 is 0.603 bits per heavy atom. The number of unbranched alkanes of at least 4 members (excludes halogenated alkanes) is 28. The largest absolute Gasteiger partial charge is 0.177 e. The van der Waals surface area contributed by atoms with Crippen molar-refractivity contribution in [2.45, 2.75) is 284 Å². The molecule has 10 heteroatoms. The van der Waals surface area contributed by atoms with E-state index < -0.39 is 0 Å². The van der Waals surface area contributed by atoms with Crippen LogP contribution in [0.4, 0.5) is 0 Å². The van der Waals surface area contributed by atoms with Crippen LogP contribution in [0.5, 0.6) is 0 Å². The van der Waals surface area contributed by atoms with Crippen LogP contribution >= 0.6 is 78.0 Å². The molecular formula is C58H94Br2N4S4. The van der Waals surface area contributed by atoms with Gasteiger partial charge in [-0.05, 0) is 79.8 Å². The summed E-state index contributed by atoms with van der Waals surface area (Å²) in [6.07, 6.45) is 52.3. The summed E-state index contributed by atoms with van der Waals surface area (Å²) >= 11 is 14.8. The van der Waals surface area contributed by atoms with Crippen molar-refractivity contribution in [3.05, 3.63) is 63.4 Å². The Hall–Kier alpha value is -0.520. The third kappa shape index (κ3) is 20.4. The van der Waals surface area contributed by atoms with Gasteiger partial charge in [-0.3, -0.25) is 0 Å². The van der Waals surface area contributed by atoms with Gasteiger partial charge in [0.1, 0.15) is 0 Å². The monoisotopic (exact) mass is 1130 g/mol. The third-order valence-corrected chi connectivity index (χ3v) is 20.3. The van der Waals surface area contributed by atoms with Gasteiger partial charge < -0.3 is 0 Å². The quantitative estimate of drug-likeness (QED) is 0.0366. The molecule has 0 amide bonds. The highest BCUT2D eigenvalue weighted by atomic mass is 79.9. The van der Waals surface area contributed by atoms with E-state index in [2.05, 4.69) is 71.7 Å². The van der Waals surface area contributed by atoms with Gasteiger partial charge >= 0.3 is 0 Å². The lowest BCUT2D eigenvalue weighted by Gasteiger charge is -2.24. The first kappa shape index (κ1) is 58.4. The minimum Gasteiger partial charge on any atom is -0.177 e. The van der Waals surface area contributed by atoms with Gasteiger partial charge in [0.15, 0.2) is 0 Å². The number of thiophene rings is 2. The molecule has 0 bridgehead atoms. The number of fused-ring (bicyclic) bond motifs is 2. The Labute approximate surface area is 450 Å². The maximum Gasteiger partial charge on any atom is 0.0930 e. The van der Waals surface area contributed by atoms with Crippen LogP contribution in [-0.4, -0.2) is 17.5 Å². The lowest BCUT2D eigenvalue weighted by Crippen LogP contribution is -2.19. The molecule has 5 rings (SSSR count). The number of rotatable bonds is 42. The van der Waals surface area contributed by atoms with Gasteiger partial charge in [0.05, 0.1) is 65.6 Å². The van der Waals surface area contributed by atoms with Crippen LogP contribution in [0, 0.1) is 11.8 Å². The molecule has 384 valence electrons. The van der Waals surface area contributed by atoms with Crippen LogP contribution in [-0.2, 0) is 12.8 Å². The summed E-state index contributed by atoms with van der Waals surface area (Å²) in [6.45, 7) is 9.27. The van der Waals surface area contributed by atoms with Crippen molar-refractivity contribution in [3.63, 3.8) is 0 Å². The topological polar surface area (TPSA) is 51.6 Å². The molecule has 0 unspecified atom stereocenters. The molecule has 4 aromatic rings. The van der Waals surface area contributed by atoms with Crippen molar-refractivity contribution >= 4 is 78.0 Å². The molecule has 0 aliphatic heterocycles. The molecule has 1 aliphatic rings. The predicted octanol–water partition coefficient (Wildman–Crippen LogP) is 22.2. The van der Waals surface area contributed by atoms with Crippen molar-refractivity contribution in [3.8, 4) is 0 Å². The maximum absolute atomic E-state index is 5.10. The molecule has 0 N–H and O–H groups in total. The molecule has 4 aromatic heterocycles. The van der Waals surface area contributed by atoms with Crippen LogP contribution in [0.3, 0.4) is 0 Å². The molecule has 0 saturated heterocycles. The fourth-order valence-corrected chi connectivity index (χ4v) is 16.0. The second-order valence-corrected chi connectivity index (χ2v) is 26.9. The maximum atomic E-state index is 5.10. The average molecular weight is 1140 g/mol. The summed E-state index contributed by atoms with van der Waals surface area (Å²) in [5, 5.41) is 0. The summed E-state index contributed by atoms with van der Waals surface area (Å²) < 4.78 is 23.0. The first-order valence-electron chi connectivity index (χ1n) is 28.7. The van der Waals surface area contributed by atoms with Gasteiger partial charge in [-0.2, -0.15) is 17.5 Å². The van der Waals surface area contributed by atoms with Gasteiger partial charge in [-0.15, -0.1) is 22.7 Å². The lowest BCUT2D eigenvalue weighted by atomic mass is 9.81. The summed E-state index contributed by atoms with van der Waals surface area (Å²) in [6, 6.07) is 5.03. The summed E-state index contributed by atoms with van der Waals surface area (Å²) in [5.74, 6) is 1.47. The van der Waals surface area contributed by atoms with Gasteiger partial charge in [0.25, 0.3) is 0 Å². The molecule has 4 nitrogen and oxygen atoms in total. The third-order valence-electron chi connectivity index (χ3n) is 15.2. The zero-order chi connectivity index (χ0) is 48.0. The van der Waals surface area contributed by atoms with Crippen molar-refractivity contribution in [2.24, 2.45) is 11.8 Å². The predicted molar refractivity (Wildman–Crippen MR) is 309 cm³/mol. The van der Waals surface area contributed by atoms with Crippen LogP contribution in [0.1, 0.15) is 314 Å². The van der Waals surface area contributed by atoms with E-state index in [0.717, 1.165) is 47.5 Å². The zero-order valence-electron chi connectivity index (χ0n) is 43.5. The second kappa shape index (κ2) is 35.6. The highest BCUT2D eigenvalue weighted by molar-refractivity contribution is 9.11. The Balaban J connectivity index is 1.25. The van der Waals surface area contributed by atoms with E-state index in [4.69, 9.17) is 17.5 Å². The SMILES string of the molecule is CCCCCCCCCCC(CCCCCCCCCC)Cc1cc(C2c3nsnc3C(c3cc(CC(CCCCCCCCCC)CCCCCCCCCC)c(Br)s3)c3nsnc32)sc1Br. The Morgan fingerprint density at radius 1 is 0.368 bits per heavy atom. The van der Waals surface area contributed by atoms with Crippen molar-refractivity contribution in [2.75, 3.05) is 0 Å². The number of aromatic nitrogens is 4. The minimum atomic E-state index is -0.00629. The highest BCUT2D eigenvalue weighted by Gasteiger charge is 2.42. The molecule has 0 radical (unpaired) electrons. The van der Waals surface area contributed by atoms with E-state index in [1.54, 1.807) is 0 Å². The molecule has 0 saturated carbocycles. The zero-order valence-corrected chi connectivity index (χ0v) is 49.9. The molecule has 1 aliphatic carbocycles. The average Bonchev–Trinajstić information content (AvgIpc) is 4.17. The molecule has 0 atom stereocenters. The van der Waals surface area contributed by atoms with Crippen molar-refractivity contribution in [1.82, 2.24) is 17.5 Å². The van der Waals surface area contributed by atoms with Crippen LogP contribution in [0.2, 0.25) is 0 Å². The molecular weight excluding hydrogens is 1040 g/mol. The lowest BCUT2D eigenvalue weighted by molar-refractivity contribution is 0.400. The van der Waals surface area contributed by atoms with E-state index in [1.165, 1.54) is 283 Å². The first-order chi connectivity index (χ1) is 33.5. The van der Waals surface area contributed by atoms with Crippen molar-refractivity contribution < 1.29 is 0 Å². The Bertz CT molecular complexity index is 1660. The fraction of sp³-hybridized carbons (Fsp3) is 0.793. The highest BCUT2D eigenvalue weighted by Crippen LogP contribution is 2.51. The number of hydrogen-bond acceptors (Lipinski definition) is 8. The first-order valence-corrected chi connectivity index (χ1v) is 33.4. The van der Waals surface area contributed by atoms with E-state index in [9.17, 15) is 0 Å². The summed E-state index contributed by atoms with van der Waals surface area (Å²) in [5.41, 5.74) is 7.36. The number of halogens is 2. The number of hydrogen-bond donors (Lipinski definition) is 0. The normalized spacial score (nSPS) is 14.8. The van der Waals surface area contributed by atoms with Crippen molar-refractivity contribution in [1.29, 1.82) is 0 Å². The molecule has 0 spiro atoms. The Kier molecular flexibility index (Phi) is 30.6. The minimum absolute atomic E-state index is 0.00629. The van der Waals surface area contributed by atoms with Gasteiger partial charge in [0.2, 0.25) is 0 Å². The van der Waals surface area contributed by atoms with Crippen LogP contribution in [0.25, 0.3) is 0 Å². The van der Waals surface area contributed by atoms with Gasteiger partial charge in [-0.25, -0.2) is 0 Å². The Morgan fingerprint density at radius 3 is 0.853 bits per heavy atom. The molecule has 4 heterocycles. The number of nitrogens with zero attached hydrogens (tertiary/aromatic N) is 4. The molecule has 0 fully saturated rings. The summed E-state index contributed by atoms with van der Waals surface area (Å²) in [4.78, 5) is 2.67. The van der Waals surface area contributed by atoms with E-state index in [1.807, 2.05) is 22.7 Å². The summed E-state index contributed by atoms with van der Waals surface area (Å²) in [7, 11) is 0.